The first-order valence-corrected chi connectivity index (χ1v) is 5.95. The Morgan fingerprint density at radius 2 is 2.00 bits per heavy atom. The van der Waals surface area contributed by atoms with Gasteiger partial charge in [-0.25, -0.2) is 0 Å². The van der Waals surface area contributed by atoms with Gasteiger partial charge < -0.3 is 0 Å². The Morgan fingerprint density at radius 1 is 1.31 bits per heavy atom. The lowest BCUT2D eigenvalue weighted by atomic mass is 10.1. The van der Waals surface area contributed by atoms with E-state index in [-0.39, 0.29) is 5.41 Å². The summed E-state index contributed by atoms with van der Waals surface area (Å²) in [6.45, 7) is 5.06. The van der Waals surface area contributed by atoms with Crippen molar-refractivity contribution in [3.8, 4) is 6.07 Å². The number of benzene rings is 1. The molecule has 0 heterocycles. The summed E-state index contributed by atoms with van der Waals surface area (Å²) < 4.78 is 0. The van der Waals surface area contributed by atoms with Crippen molar-refractivity contribution < 1.29 is 0 Å². The summed E-state index contributed by atoms with van der Waals surface area (Å²) in [5.41, 5.74) is 1.31. The van der Waals surface area contributed by atoms with E-state index in [0.29, 0.717) is 0 Å². The van der Waals surface area contributed by atoms with Crippen LogP contribution in [0, 0.1) is 16.7 Å². The highest BCUT2D eigenvalue weighted by molar-refractivity contribution is 5.16. The zero-order valence-electron chi connectivity index (χ0n) is 9.82. The number of hydrogen-bond donors (Lipinski definition) is 0. The van der Waals surface area contributed by atoms with Crippen LogP contribution >= 0.6 is 0 Å². The fraction of sp³-hybridized carbons (Fsp3) is 0.500. The van der Waals surface area contributed by atoms with E-state index in [9.17, 15) is 0 Å². The minimum Gasteiger partial charge on any atom is -0.298 e. The van der Waals surface area contributed by atoms with E-state index >= 15 is 0 Å². The zero-order chi connectivity index (χ0) is 11.4. The molecule has 0 bridgehead atoms. The molecule has 0 amide bonds. The van der Waals surface area contributed by atoms with Crippen LogP contribution in [0.5, 0.6) is 0 Å². The molecule has 1 aromatic rings. The van der Waals surface area contributed by atoms with E-state index in [0.717, 1.165) is 32.5 Å². The van der Waals surface area contributed by atoms with Crippen LogP contribution in [-0.4, -0.2) is 18.0 Å². The normalized spacial score (nSPS) is 17.1. The van der Waals surface area contributed by atoms with Crippen molar-refractivity contribution in [2.24, 2.45) is 5.41 Å². The van der Waals surface area contributed by atoms with Crippen molar-refractivity contribution in [3.05, 3.63) is 35.9 Å². The molecule has 2 rings (SSSR count). The molecule has 0 aromatic heterocycles. The molecule has 0 saturated heterocycles. The summed E-state index contributed by atoms with van der Waals surface area (Å²) in [5, 5.41) is 9.09. The second-order valence-corrected chi connectivity index (χ2v) is 4.68. The van der Waals surface area contributed by atoms with Crippen LogP contribution < -0.4 is 0 Å². The molecule has 0 N–H and O–H groups in total. The van der Waals surface area contributed by atoms with Crippen LogP contribution in [0.25, 0.3) is 0 Å². The molecule has 0 atom stereocenters. The Balaban J connectivity index is 1.94. The van der Waals surface area contributed by atoms with E-state index in [2.05, 4.69) is 42.2 Å². The molecule has 2 heteroatoms. The summed E-state index contributed by atoms with van der Waals surface area (Å²) in [7, 11) is 0. The van der Waals surface area contributed by atoms with Crippen molar-refractivity contribution in [1.29, 1.82) is 5.26 Å². The maximum absolute atomic E-state index is 9.09. The molecule has 1 saturated carbocycles. The lowest BCUT2D eigenvalue weighted by molar-refractivity contribution is 0.246. The molecule has 1 aliphatic rings. The highest BCUT2D eigenvalue weighted by Gasteiger charge is 2.44. The summed E-state index contributed by atoms with van der Waals surface area (Å²) in [6, 6.07) is 12.9. The van der Waals surface area contributed by atoms with E-state index in [1.165, 1.54) is 5.56 Å². The van der Waals surface area contributed by atoms with E-state index in [1.54, 1.807) is 0 Å². The molecule has 16 heavy (non-hydrogen) atoms. The Kier molecular flexibility index (Phi) is 3.26. The average Bonchev–Trinajstić information content (AvgIpc) is 3.10. The monoisotopic (exact) mass is 214 g/mol. The zero-order valence-corrected chi connectivity index (χ0v) is 9.82. The number of hydrogen-bond acceptors (Lipinski definition) is 2. The third-order valence-corrected chi connectivity index (χ3v) is 3.31. The van der Waals surface area contributed by atoms with Crippen LogP contribution in [0.2, 0.25) is 0 Å². The highest BCUT2D eigenvalue weighted by Crippen LogP contribution is 2.45. The smallest absolute Gasteiger partial charge is 0.0703 e. The fourth-order valence-electron chi connectivity index (χ4n) is 2.01. The van der Waals surface area contributed by atoms with Gasteiger partial charge in [-0.05, 0) is 24.9 Å². The largest absolute Gasteiger partial charge is 0.298 e. The molecule has 0 spiro atoms. The van der Waals surface area contributed by atoms with Crippen molar-refractivity contribution in [3.63, 3.8) is 0 Å². The van der Waals surface area contributed by atoms with Gasteiger partial charge in [-0.1, -0.05) is 37.3 Å². The Bertz CT molecular complexity index is 373. The summed E-state index contributed by atoms with van der Waals surface area (Å²) in [4.78, 5) is 2.37. The van der Waals surface area contributed by atoms with Crippen molar-refractivity contribution >= 4 is 0 Å². The SMILES string of the molecule is CCN(Cc1ccccc1)CC1(C#N)CC1. The Morgan fingerprint density at radius 3 is 2.50 bits per heavy atom. The molecule has 1 aromatic carbocycles. The highest BCUT2D eigenvalue weighted by atomic mass is 15.1. The van der Waals surface area contributed by atoms with Gasteiger partial charge in [0.1, 0.15) is 0 Å². The maximum Gasteiger partial charge on any atom is 0.0703 e. The van der Waals surface area contributed by atoms with Gasteiger partial charge in [0.15, 0.2) is 0 Å². The van der Waals surface area contributed by atoms with Crippen molar-refractivity contribution in [1.82, 2.24) is 4.90 Å². The lowest BCUT2D eigenvalue weighted by Crippen LogP contribution is -2.29. The third-order valence-electron chi connectivity index (χ3n) is 3.31. The first kappa shape index (κ1) is 11.2. The minimum absolute atomic E-state index is 0.0230. The molecule has 2 nitrogen and oxygen atoms in total. The first-order valence-electron chi connectivity index (χ1n) is 5.95. The maximum atomic E-state index is 9.09. The average molecular weight is 214 g/mol. The topological polar surface area (TPSA) is 27.0 Å². The predicted molar refractivity (Wildman–Crippen MR) is 64.7 cm³/mol. The molecule has 0 aliphatic heterocycles. The lowest BCUT2D eigenvalue weighted by Gasteiger charge is -2.22. The number of rotatable bonds is 5. The van der Waals surface area contributed by atoms with Gasteiger partial charge in [0.25, 0.3) is 0 Å². The van der Waals surface area contributed by atoms with Crippen molar-refractivity contribution in [2.75, 3.05) is 13.1 Å². The molecule has 1 fully saturated rings. The van der Waals surface area contributed by atoms with Gasteiger partial charge in [-0.3, -0.25) is 4.90 Å². The standard InChI is InChI=1S/C14H18N2/c1-2-16(12-14(11-15)8-9-14)10-13-6-4-3-5-7-13/h3-7H,2,8-10,12H2,1H3. The van der Waals surface area contributed by atoms with Gasteiger partial charge in [0.2, 0.25) is 0 Å². The fourth-order valence-corrected chi connectivity index (χ4v) is 2.01. The van der Waals surface area contributed by atoms with Gasteiger partial charge in [0.05, 0.1) is 11.5 Å². The first-order chi connectivity index (χ1) is 7.78. The van der Waals surface area contributed by atoms with E-state index < -0.39 is 0 Å². The van der Waals surface area contributed by atoms with E-state index in [4.69, 9.17) is 5.26 Å². The number of nitrogens with zero attached hydrogens (tertiary/aromatic N) is 2. The molecule has 0 radical (unpaired) electrons. The minimum atomic E-state index is -0.0230. The Hall–Kier alpha value is -1.33. The molecule has 0 unspecified atom stereocenters. The van der Waals surface area contributed by atoms with Crippen LogP contribution in [0.1, 0.15) is 25.3 Å². The van der Waals surface area contributed by atoms with Gasteiger partial charge >= 0.3 is 0 Å². The Labute approximate surface area is 97.5 Å². The third kappa shape index (κ3) is 2.62. The van der Waals surface area contributed by atoms with Crippen LogP contribution in [0.15, 0.2) is 30.3 Å². The summed E-state index contributed by atoms with van der Waals surface area (Å²) >= 11 is 0. The van der Waals surface area contributed by atoms with Crippen LogP contribution in [0.3, 0.4) is 0 Å². The van der Waals surface area contributed by atoms with Gasteiger partial charge in [0, 0.05) is 13.1 Å². The summed E-state index contributed by atoms with van der Waals surface area (Å²) in [6.07, 6.45) is 2.16. The van der Waals surface area contributed by atoms with Crippen LogP contribution in [-0.2, 0) is 6.54 Å². The van der Waals surface area contributed by atoms with Gasteiger partial charge in [-0.2, -0.15) is 5.26 Å². The van der Waals surface area contributed by atoms with Crippen molar-refractivity contribution in [2.45, 2.75) is 26.3 Å². The van der Waals surface area contributed by atoms with E-state index in [1.807, 2.05) is 6.07 Å². The molecule has 84 valence electrons. The second kappa shape index (κ2) is 4.67. The number of nitriles is 1. The molecule has 1 aliphatic carbocycles. The molecular weight excluding hydrogens is 196 g/mol. The quantitative estimate of drug-likeness (QED) is 0.753. The predicted octanol–water partition coefficient (Wildman–Crippen LogP) is 2.81. The summed E-state index contributed by atoms with van der Waals surface area (Å²) in [5.74, 6) is 0. The molecular formula is C14H18N2. The van der Waals surface area contributed by atoms with Crippen LogP contribution in [0.4, 0.5) is 0 Å². The van der Waals surface area contributed by atoms with Gasteiger partial charge in [-0.15, -0.1) is 0 Å². The second-order valence-electron chi connectivity index (χ2n) is 4.68.